The molecule has 0 aliphatic carbocycles. The predicted molar refractivity (Wildman–Crippen MR) is 100 cm³/mol. The Balaban J connectivity index is 2.71. The van der Waals surface area contributed by atoms with E-state index in [4.69, 9.17) is 4.74 Å². The van der Waals surface area contributed by atoms with E-state index in [0.717, 1.165) is 5.56 Å². The predicted octanol–water partition coefficient (Wildman–Crippen LogP) is 3.67. The van der Waals surface area contributed by atoms with Crippen molar-refractivity contribution in [1.82, 2.24) is 10.6 Å². The number of amides is 2. The Hall–Kier alpha value is -2.04. The molecule has 0 aromatic heterocycles. The van der Waals surface area contributed by atoms with Crippen molar-refractivity contribution in [3.8, 4) is 0 Å². The quantitative estimate of drug-likeness (QED) is 0.824. The number of hydrogen-bond acceptors (Lipinski definition) is 3. The van der Waals surface area contributed by atoms with E-state index >= 15 is 0 Å². The summed E-state index contributed by atoms with van der Waals surface area (Å²) in [5, 5.41) is 5.62. The molecular formula is C20H32N2O3. The molecule has 1 aromatic rings. The fourth-order valence-corrected chi connectivity index (χ4v) is 2.15. The summed E-state index contributed by atoms with van der Waals surface area (Å²) in [6.07, 6.45) is 0.639. The monoisotopic (exact) mass is 348 g/mol. The van der Waals surface area contributed by atoms with Crippen molar-refractivity contribution in [2.75, 3.05) is 6.54 Å². The van der Waals surface area contributed by atoms with Crippen LogP contribution in [0.15, 0.2) is 30.3 Å². The molecule has 0 bridgehead atoms. The van der Waals surface area contributed by atoms with Crippen molar-refractivity contribution >= 4 is 12.0 Å². The number of alkyl carbamates (subject to hydrolysis) is 1. The van der Waals surface area contributed by atoms with Crippen molar-refractivity contribution in [2.24, 2.45) is 5.41 Å². The Morgan fingerprint density at radius 1 is 1.04 bits per heavy atom. The van der Waals surface area contributed by atoms with Gasteiger partial charge in [-0.05, 0) is 44.6 Å². The first-order valence-electron chi connectivity index (χ1n) is 8.77. The van der Waals surface area contributed by atoms with Crippen LogP contribution in [0.25, 0.3) is 0 Å². The minimum atomic E-state index is -0.627. The molecule has 0 spiro atoms. The summed E-state index contributed by atoms with van der Waals surface area (Å²) in [4.78, 5) is 24.6. The second-order valence-electron chi connectivity index (χ2n) is 8.50. The van der Waals surface area contributed by atoms with Crippen molar-refractivity contribution in [2.45, 2.75) is 66.0 Å². The van der Waals surface area contributed by atoms with Crippen molar-refractivity contribution in [3.63, 3.8) is 0 Å². The molecule has 25 heavy (non-hydrogen) atoms. The van der Waals surface area contributed by atoms with E-state index in [1.54, 1.807) is 20.8 Å². The highest BCUT2D eigenvalue weighted by Gasteiger charge is 2.25. The van der Waals surface area contributed by atoms with E-state index in [0.29, 0.717) is 19.4 Å². The highest BCUT2D eigenvalue weighted by molar-refractivity contribution is 5.85. The van der Waals surface area contributed by atoms with Gasteiger partial charge in [0.15, 0.2) is 0 Å². The van der Waals surface area contributed by atoms with Gasteiger partial charge in [0.2, 0.25) is 5.91 Å². The largest absolute Gasteiger partial charge is 0.444 e. The van der Waals surface area contributed by atoms with Crippen LogP contribution in [0.5, 0.6) is 0 Å². The number of hydrogen-bond donors (Lipinski definition) is 2. The van der Waals surface area contributed by atoms with Crippen molar-refractivity contribution in [1.29, 1.82) is 0 Å². The minimum Gasteiger partial charge on any atom is -0.444 e. The zero-order valence-electron chi connectivity index (χ0n) is 16.3. The van der Waals surface area contributed by atoms with E-state index < -0.39 is 17.7 Å². The first-order chi connectivity index (χ1) is 11.5. The summed E-state index contributed by atoms with van der Waals surface area (Å²) in [5.41, 5.74) is 0.503. The molecular weight excluding hydrogens is 316 g/mol. The molecule has 2 N–H and O–H groups in total. The molecule has 0 aliphatic heterocycles. The summed E-state index contributed by atoms with van der Waals surface area (Å²) in [6.45, 7) is 12.1. The first-order valence-corrected chi connectivity index (χ1v) is 8.77. The molecule has 1 atom stereocenters. The molecule has 0 aliphatic rings. The standard InChI is InChI=1S/C20H32N2O3/c1-19(2,3)14-21-17(23)16(22-18(24)25-20(4,5)6)13-12-15-10-8-7-9-11-15/h7-11,16H,12-14H2,1-6H3,(H,21,23)(H,22,24)/t16-/m0/s1. The van der Waals surface area contributed by atoms with Gasteiger partial charge in [-0.1, -0.05) is 51.1 Å². The molecule has 5 heteroatoms. The highest BCUT2D eigenvalue weighted by atomic mass is 16.6. The fourth-order valence-electron chi connectivity index (χ4n) is 2.15. The number of carbonyl (C=O) groups excluding carboxylic acids is 2. The van der Waals surface area contributed by atoms with E-state index in [2.05, 4.69) is 10.6 Å². The number of rotatable bonds is 6. The third kappa shape index (κ3) is 9.75. The minimum absolute atomic E-state index is 0.0223. The first kappa shape index (κ1) is 21.0. The molecule has 5 nitrogen and oxygen atoms in total. The summed E-state index contributed by atoms with van der Waals surface area (Å²) >= 11 is 0. The van der Waals surface area contributed by atoms with Gasteiger partial charge in [0.1, 0.15) is 11.6 Å². The lowest BCUT2D eigenvalue weighted by Gasteiger charge is -2.25. The smallest absolute Gasteiger partial charge is 0.408 e. The molecule has 0 radical (unpaired) electrons. The Bertz CT molecular complexity index is 557. The van der Waals surface area contributed by atoms with E-state index in [1.165, 1.54) is 0 Å². The highest BCUT2D eigenvalue weighted by Crippen LogP contribution is 2.12. The lowest BCUT2D eigenvalue weighted by Crippen LogP contribution is -2.49. The Labute approximate surface area is 151 Å². The summed E-state index contributed by atoms with van der Waals surface area (Å²) in [7, 11) is 0. The number of nitrogens with one attached hydrogen (secondary N) is 2. The molecule has 2 amide bonds. The third-order valence-corrected chi connectivity index (χ3v) is 3.36. The SMILES string of the molecule is CC(C)(C)CNC(=O)[C@H](CCc1ccccc1)NC(=O)OC(C)(C)C. The van der Waals surface area contributed by atoms with Crippen LogP contribution in [0.3, 0.4) is 0 Å². The average molecular weight is 348 g/mol. The normalized spacial score (nSPS) is 13.0. The Morgan fingerprint density at radius 2 is 1.64 bits per heavy atom. The number of aryl methyl sites for hydroxylation is 1. The molecule has 140 valence electrons. The van der Waals surface area contributed by atoms with Gasteiger partial charge < -0.3 is 15.4 Å². The van der Waals surface area contributed by atoms with Gasteiger partial charge in [-0.3, -0.25) is 4.79 Å². The molecule has 0 saturated heterocycles. The average Bonchev–Trinajstić information content (AvgIpc) is 2.47. The maximum atomic E-state index is 12.5. The van der Waals surface area contributed by atoms with Gasteiger partial charge in [-0.2, -0.15) is 0 Å². The van der Waals surface area contributed by atoms with Gasteiger partial charge in [-0.25, -0.2) is 4.79 Å². The second-order valence-corrected chi connectivity index (χ2v) is 8.50. The number of benzene rings is 1. The second kappa shape index (κ2) is 8.88. The summed E-state index contributed by atoms with van der Waals surface area (Å²) in [6, 6.07) is 9.28. The van der Waals surface area contributed by atoms with Crippen LogP contribution in [-0.2, 0) is 16.0 Å². The van der Waals surface area contributed by atoms with Crippen LogP contribution >= 0.6 is 0 Å². The molecule has 0 unspecified atom stereocenters. The van der Waals surface area contributed by atoms with Gasteiger partial charge in [0.25, 0.3) is 0 Å². The van der Waals surface area contributed by atoms with Gasteiger partial charge >= 0.3 is 6.09 Å². The van der Waals surface area contributed by atoms with Crippen LogP contribution < -0.4 is 10.6 Å². The lowest BCUT2D eigenvalue weighted by atomic mass is 9.96. The molecule has 0 heterocycles. The summed E-state index contributed by atoms with van der Waals surface area (Å²) < 4.78 is 5.29. The van der Waals surface area contributed by atoms with Crippen LogP contribution in [0.2, 0.25) is 0 Å². The van der Waals surface area contributed by atoms with Crippen molar-refractivity contribution < 1.29 is 14.3 Å². The molecule has 0 saturated carbocycles. The van der Waals surface area contributed by atoms with Gasteiger partial charge in [0, 0.05) is 6.54 Å². The van der Waals surface area contributed by atoms with E-state index in [-0.39, 0.29) is 11.3 Å². The van der Waals surface area contributed by atoms with Crippen LogP contribution in [-0.4, -0.2) is 30.2 Å². The Kier molecular flexibility index (Phi) is 7.46. The fraction of sp³-hybridized carbons (Fsp3) is 0.600. The zero-order chi connectivity index (χ0) is 19.1. The lowest BCUT2D eigenvalue weighted by molar-refractivity contribution is -0.123. The number of ether oxygens (including phenoxy) is 1. The number of carbonyl (C=O) groups is 2. The zero-order valence-corrected chi connectivity index (χ0v) is 16.3. The molecule has 1 aromatic carbocycles. The maximum Gasteiger partial charge on any atom is 0.408 e. The van der Waals surface area contributed by atoms with Gasteiger partial charge in [-0.15, -0.1) is 0 Å². The topological polar surface area (TPSA) is 67.4 Å². The third-order valence-electron chi connectivity index (χ3n) is 3.36. The van der Waals surface area contributed by atoms with Gasteiger partial charge in [0.05, 0.1) is 0 Å². The van der Waals surface area contributed by atoms with Crippen molar-refractivity contribution in [3.05, 3.63) is 35.9 Å². The van der Waals surface area contributed by atoms with Crippen LogP contribution in [0.4, 0.5) is 4.79 Å². The molecule has 0 fully saturated rings. The van der Waals surface area contributed by atoms with E-state index in [1.807, 2.05) is 51.1 Å². The summed E-state index contributed by atoms with van der Waals surface area (Å²) in [5.74, 6) is -0.184. The van der Waals surface area contributed by atoms with E-state index in [9.17, 15) is 9.59 Å². The maximum absolute atomic E-state index is 12.5. The molecule has 1 rings (SSSR count). The van der Waals surface area contributed by atoms with Crippen LogP contribution in [0.1, 0.15) is 53.5 Å². The van der Waals surface area contributed by atoms with Crippen LogP contribution in [0, 0.1) is 5.41 Å². The Morgan fingerprint density at radius 3 is 2.16 bits per heavy atom.